The van der Waals surface area contributed by atoms with E-state index in [9.17, 15) is 0 Å². The molecule has 2 unspecified atom stereocenters. The Morgan fingerprint density at radius 3 is 3.07 bits per heavy atom. The van der Waals surface area contributed by atoms with Gasteiger partial charge in [0, 0.05) is 24.5 Å². The maximum Gasteiger partial charge on any atom is 0.0594 e. The normalized spacial score (nSPS) is 22.9. The Labute approximate surface area is 90.7 Å². The molecule has 3 heteroatoms. The maximum atomic E-state index is 6.10. The van der Waals surface area contributed by atoms with Crippen LogP contribution in [-0.2, 0) is 4.74 Å². The molecule has 1 aliphatic rings. The Morgan fingerprint density at radius 2 is 2.47 bits per heavy atom. The van der Waals surface area contributed by atoms with E-state index in [0.717, 1.165) is 30.7 Å². The predicted molar refractivity (Wildman–Crippen MR) is 59.5 cm³/mol. The molecule has 0 bridgehead atoms. The smallest absolute Gasteiger partial charge is 0.0594 e. The second-order valence-corrected chi connectivity index (χ2v) is 4.21. The first kappa shape index (κ1) is 10.6. The number of hydrogen-bond donors (Lipinski definition) is 1. The summed E-state index contributed by atoms with van der Waals surface area (Å²) in [5.41, 5.74) is 8.24. The number of pyridine rings is 1. The van der Waals surface area contributed by atoms with Gasteiger partial charge >= 0.3 is 0 Å². The van der Waals surface area contributed by atoms with Gasteiger partial charge in [0.25, 0.3) is 0 Å². The summed E-state index contributed by atoms with van der Waals surface area (Å²) in [4.78, 5) is 4.25. The number of rotatable bonds is 3. The molecule has 2 rings (SSSR count). The first-order valence-electron chi connectivity index (χ1n) is 5.55. The third-order valence-electron chi connectivity index (χ3n) is 2.90. The summed E-state index contributed by atoms with van der Waals surface area (Å²) >= 11 is 0. The molecular weight excluding hydrogens is 188 g/mol. The minimum absolute atomic E-state index is 0.0567. The van der Waals surface area contributed by atoms with Crippen LogP contribution in [0.1, 0.15) is 36.6 Å². The molecule has 1 fully saturated rings. The quantitative estimate of drug-likeness (QED) is 0.822. The van der Waals surface area contributed by atoms with E-state index in [2.05, 4.69) is 11.1 Å². The van der Waals surface area contributed by atoms with Crippen LogP contribution in [-0.4, -0.2) is 17.7 Å². The standard InChI is InChI=1S/C12H18N2O/c1-9-4-5-10(8-14-9)12(13)7-11-3-2-6-15-11/h4-5,8,11-12H,2-3,6-7,13H2,1H3. The highest BCUT2D eigenvalue weighted by molar-refractivity contribution is 5.16. The largest absolute Gasteiger partial charge is 0.378 e. The van der Waals surface area contributed by atoms with Crippen molar-refractivity contribution in [3.05, 3.63) is 29.6 Å². The lowest BCUT2D eigenvalue weighted by molar-refractivity contribution is 0.0983. The summed E-state index contributed by atoms with van der Waals surface area (Å²) in [6.45, 7) is 2.87. The van der Waals surface area contributed by atoms with Crippen LogP contribution in [0.25, 0.3) is 0 Å². The molecule has 1 aliphatic heterocycles. The van der Waals surface area contributed by atoms with Crippen LogP contribution >= 0.6 is 0 Å². The number of nitrogens with two attached hydrogens (primary N) is 1. The molecule has 2 atom stereocenters. The molecule has 0 amide bonds. The lowest BCUT2D eigenvalue weighted by atomic mass is 10.0. The molecule has 2 heterocycles. The van der Waals surface area contributed by atoms with E-state index in [-0.39, 0.29) is 6.04 Å². The van der Waals surface area contributed by atoms with E-state index in [1.165, 1.54) is 6.42 Å². The third-order valence-corrected chi connectivity index (χ3v) is 2.90. The SMILES string of the molecule is Cc1ccc(C(N)CC2CCCO2)cn1. The van der Waals surface area contributed by atoms with Crippen LogP contribution in [0, 0.1) is 6.92 Å². The second kappa shape index (κ2) is 4.73. The highest BCUT2D eigenvalue weighted by Gasteiger charge is 2.19. The van der Waals surface area contributed by atoms with Crippen LogP contribution in [0.15, 0.2) is 18.3 Å². The Kier molecular flexibility index (Phi) is 3.34. The monoisotopic (exact) mass is 206 g/mol. The lowest BCUT2D eigenvalue weighted by Gasteiger charge is -2.16. The fraction of sp³-hybridized carbons (Fsp3) is 0.583. The number of hydrogen-bond acceptors (Lipinski definition) is 3. The molecule has 0 saturated carbocycles. The van der Waals surface area contributed by atoms with Gasteiger partial charge < -0.3 is 10.5 Å². The van der Waals surface area contributed by atoms with Crippen molar-refractivity contribution in [2.75, 3.05) is 6.61 Å². The van der Waals surface area contributed by atoms with Crippen LogP contribution in [0.2, 0.25) is 0 Å². The molecule has 3 nitrogen and oxygen atoms in total. The van der Waals surface area contributed by atoms with Crippen molar-refractivity contribution in [3.63, 3.8) is 0 Å². The number of ether oxygens (including phenoxy) is 1. The van der Waals surface area contributed by atoms with E-state index in [1.807, 2.05) is 19.2 Å². The van der Waals surface area contributed by atoms with E-state index in [4.69, 9.17) is 10.5 Å². The van der Waals surface area contributed by atoms with Gasteiger partial charge in [0.15, 0.2) is 0 Å². The minimum Gasteiger partial charge on any atom is -0.378 e. The summed E-state index contributed by atoms with van der Waals surface area (Å²) in [6.07, 6.45) is 5.44. The molecule has 0 aromatic carbocycles. The van der Waals surface area contributed by atoms with Crippen LogP contribution in [0.4, 0.5) is 0 Å². The fourth-order valence-electron chi connectivity index (χ4n) is 1.95. The zero-order valence-corrected chi connectivity index (χ0v) is 9.15. The van der Waals surface area contributed by atoms with Gasteiger partial charge in [0.05, 0.1) is 6.10 Å². The summed E-state index contributed by atoms with van der Waals surface area (Å²) in [5, 5.41) is 0. The van der Waals surface area contributed by atoms with Crippen molar-refractivity contribution >= 4 is 0 Å². The highest BCUT2D eigenvalue weighted by atomic mass is 16.5. The molecule has 0 radical (unpaired) electrons. The van der Waals surface area contributed by atoms with Gasteiger partial charge in [-0.1, -0.05) is 6.07 Å². The summed E-state index contributed by atoms with van der Waals surface area (Å²) in [6, 6.07) is 4.12. The number of nitrogens with zero attached hydrogens (tertiary/aromatic N) is 1. The van der Waals surface area contributed by atoms with Gasteiger partial charge in [0.1, 0.15) is 0 Å². The number of aryl methyl sites for hydroxylation is 1. The lowest BCUT2D eigenvalue weighted by Crippen LogP contribution is -2.18. The molecule has 1 aromatic rings. The van der Waals surface area contributed by atoms with Crippen LogP contribution < -0.4 is 5.73 Å². The van der Waals surface area contributed by atoms with Crippen LogP contribution in [0.5, 0.6) is 0 Å². The van der Waals surface area contributed by atoms with Gasteiger partial charge in [-0.3, -0.25) is 4.98 Å². The topological polar surface area (TPSA) is 48.1 Å². The molecule has 2 N–H and O–H groups in total. The van der Waals surface area contributed by atoms with Gasteiger partial charge in [0.2, 0.25) is 0 Å². The van der Waals surface area contributed by atoms with E-state index in [1.54, 1.807) is 0 Å². The molecular formula is C12H18N2O. The van der Waals surface area contributed by atoms with Gasteiger partial charge in [-0.05, 0) is 37.8 Å². The van der Waals surface area contributed by atoms with Crippen molar-refractivity contribution < 1.29 is 4.74 Å². The average Bonchev–Trinajstić information content (AvgIpc) is 2.71. The number of aromatic nitrogens is 1. The fourth-order valence-corrected chi connectivity index (χ4v) is 1.95. The van der Waals surface area contributed by atoms with E-state index >= 15 is 0 Å². The van der Waals surface area contributed by atoms with Crippen molar-refractivity contribution in [2.24, 2.45) is 5.73 Å². The molecule has 0 spiro atoms. The summed E-state index contributed by atoms with van der Waals surface area (Å²) in [5.74, 6) is 0. The molecule has 1 aromatic heterocycles. The molecule has 82 valence electrons. The molecule has 0 aliphatic carbocycles. The van der Waals surface area contributed by atoms with Crippen molar-refractivity contribution in [1.29, 1.82) is 0 Å². The minimum atomic E-state index is 0.0567. The Morgan fingerprint density at radius 1 is 1.60 bits per heavy atom. The molecule has 15 heavy (non-hydrogen) atoms. The first-order valence-corrected chi connectivity index (χ1v) is 5.55. The zero-order valence-electron chi connectivity index (χ0n) is 9.15. The van der Waals surface area contributed by atoms with Gasteiger partial charge in [-0.25, -0.2) is 0 Å². The highest BCUT2D eigenvalue weighted by Crippen LogP contribution is 2.22. The van der Waals surface area contributed by atoms with Gasteiger partial charge in [-0.15, -0.1) is 0 Å². The van der Waals surface area contributed by atoms with E-state index in [0.29, 0.717) is 6.10 Å². The summed E-state index contributed by atoms with van der Waals surface area (Å²) in [7, 11) is 0. The molecule has 1 saturated heterocycles. The van der Waals surface area contributed by atoms with Crippen LogP contribution in [0.3, 0.4) is 0 Å². The maximum absolute atomic E-state index is 6.10. The Hall–Kier alpha value is -0.930. The van der Waals surface area contributed by atoms with Gasteiger partial charge in [-0.2, -0.15) is 0 Å². The predicted octanol–water partition coefficient (Wildman–Crippen LogP) is 1.96. The van der Waals surface area contributed by atoms with Crippen molar-refractivity contribution in [3.8, 4) is 0 Å². The Balaban J connectivity index is 1.94. The Bertz CT molecular complexity index is 304. The average molecular weight is 206 g/mol. The third kappa shape index (κ3) is 2.76. The zero-order chi connectivity index (χ0) is 10.7. The van der Waals surface area contributed by atoms with Crippen molar-refractivity contribution in [1.82, 2.24) is 4.98 Å². The van der Waals surface area contributed by atoms with E-state index < -0.39 is 0 Å². The van der Waals surface area contributed by atoms with Crippen molar-refractivity contribution in [2.45, 2.75) is 38.3 Å². The summed E-state index contributed by atoms with van der Waals surface area (Å²) < 4.78 is 5.57. The second-order valence-electron chi connectivity index (χ2n) is 4.21. The first-order chi connectivity index (χ1) is 7.25.